The fourth-order valence-electron chi connectivity index (χ4n) is 1.12. The van der Waals surface area contributed by atoms with Gasteiger partial charge in [-0.15, -0.1) is 11.3 Å². The molecule has 1 aromatic heterocycles. The molecule has 2 nitrogen and oxygen atoms in total. The fourth-order valence-corrected chi connectivity index (χ4v) is 2.24. The molecule has 12 heavy (non-hydrogen) atoms. The molecule has 1 N–H and O–H groups in total. The maximum absolute atomic E-state index is 5.17. The van der Waals surface area contributed by atoms with Gasteiger partial charge in [-0.05, 0) is 24.4 Å². The maximum Gasteiger partial charge on any atom is 0.159 e. The second-order valence-electron chi connectivity index (χ2n) is 2.35. The van der Waals surface area contributed by atoms with E-state index in [-0.39, 0.29) is 0 Å². The van der Waals surface area contributed by atoms with Crippen molar-refractivity contribution in [3.63, 3.8) is 0 Å². The van der Waals surface area contributed by atoms with Crippen LogP contribution < -0.4 is 4.74 Å². The molecule has 0 saturated heterocycles. The molecule has 0 amide bonds. The first kappa shape index (κ1) is 7.76. The summed E-state index contributed by atoms with van der Waals surface area (Å²) in [6.45, 7) is 0. The normalized spacial score (nSPS) is 10.4. The van der Waals surface area contributed by atoms with Crippen molar-refractivity contribution < 1.29 is 4.74 Å². The standard InChI is InChI=1S/C8H7NOS2/c1-10-5-3-2-4-6-7(5)9-8(11)12-6/h2-4H,1H3,(H,9,11). The summed E-state index contributed by atoms with van der Waals surface area (Å²) in [6.07, 6.45) is 0. The number of benzene rings is 1. The Morgan fingerprint density at radius 2 is 2.33 bits per heavy atom. The zero-order valence-corrected chi connectivity index (χ0v) is 8.09. The topological polar surface area (TPSA) is 25.0 Å². The van der Waals surface area contributed by atoms with Crippen molar-refractivity contribution in [1.82, 2.24) is 4.98 Å². The summed E-state index contributed by atoms with van der Waals surface area (Å²) in [5.41, 5.74) is 0.995. The van der Waals surface area contributed by atoms with E-state index < -0.39 is 0 Å². The molecule has 0 fully saturated rings. The molecule has 0 atom stereocenters. The van der Waals surface area contributed by atoms with Gasteiger partial charge in [0.05, 0.1) is 17.3 Å². The van der Waals surface area contributed by atoms with E-state index in [2.05, 4.69) is 4.98 Å². The highest BCUT2D eigenvalue weighted by Gasteiger charge is 2.01. The van der Waals surface area contributed by atoms with Crippen molar-refractivity contribution in [1.29, 1.82) is 0 Å². The van der Waals surface area contributed by atoms with E-state index in [1.165, 1.54) is 0 Å². The molecule has 0 saturated carbocycles. The number of para-hydroxylation sites is 1. The molecule has 62 valence electrons. The Labute approximate surface area is 78.8 Å². The van der Waals surface area contributed by atoms with Crippen LogP contribution in [0.1, 0.15) is 0 Å². The van der Waals surface area contributed by atoms with Gasteiger partial charge in [-0.2, -0.15) is 0 Å². The third-order valence-corrected chi connectivity index (χ3v) is 2.84. The molecule has 1 heterocycles. The summed E-state index contributed by atoms with van der Waals surface area (Å²) in [5, 5.41) is 0. The van der Waals surface area contributed by atoms with Crippen LogP contribution in [0.3, 0.4) is 0 Å². The van der Waals surface area contributed by atoms with Gasteiger partial charge in [0, 0.05) is 0 Å². The van der Waals surface area contributed by atoms with Crippen LogP contribution >= 0.6 is 23.6 Å². The third-order valence-electron chi connectivity index (χ3n) is 1.64. The highest BCUT2D eigenvalue weighted by Crippen LogP contribution is 2.27. The molecule has 2 rings (SSSR count). The molecule has 0 spiro atoms. The summed E-state index contributed by atoms with van der Waals surface area (Å²) < 4.78 is 7.09. The predicted molar refractivity (Wildman–Crippen MR) is 53.6 cm³/mol. The van der Waals surface area contributed by atoms with E-state index in [1.54, 1.807) is 18.4 Å². The van der Waals surface area contributed by atoms with E-state index in [9.17, 15) is 0 Å². The minimum atomic E-state index is 0.787. The lowest BCUT2D eigenvalue weighted by Gasteiger charge is -1.98. The first-order chi connectivity index (χ1) is 5.81. The average Bonchev–Trinajstić information content (AvgIpc) is 2.44. The van der Waals surface area contributed by atoms with Crippen LogP contribution in [-0.4, -0.2) is 12.1 Å². The number of hydrogen-bond donors (Lipinski definition) is 1. The second-order valence-corrected chi connectivity index (χ2v) is 4.07. The summed E-state index contributed by atoms with van der Waals surface area (Å²) in [6, 6.07) is 5.90. The lowest BCUT2D eigenvalue weighted by atomic mass is 10.3. The van der Waals surface area contributed by atoms with Gasteiger partial charge in [0.2, 0.25) is 0 Å². The number of fused-ring (bicyclic) bond motifs is 1. The first-order valence-corrected chi connectivity index (χ1v) is 4.69. The van der Waals surface area contributed by atoms with Crippen molar-refractivity contribution in [2.24, 2.45) is 0 Å². The zero-order valence-electron chi connectivity index (χ0n) is 6.46. The average molecular weight is 197 g/mol. The Bertz CT molecular complexity index is 457. The molecule has 0 radical (unpaired) electrons. The number of methoxy groups -OCH3 is 1. The number of aromatic nitrogens is 1. The van der Waals surface area contributed by atoms with Crippen molar-refractivity contribution >= 4 is 33.8 Å². The minimum absolute atomic E-state index is 0.787. The molecule has 2 aromatic rings. The smallest absolute Gasteiger partial charge is 0.159 e. The van der Waals surface area contributed by atoms with Gasteiger partial charge in [0.1, 0.15) is 5.75 Å². The van der Waals surface area contributed by atoms with Crippen molar-refractivity contribution in [3.05, 3.63) is 22.2 Å². The molecule has 0 aliphatic heterocycles. The summed E-state index contributed by atoms with van der Waals surface area (Å²) in [5.74, 6) is 0.847. The number of aromatic amines is 1. The molecule has 0 aliphatic carbocycles. The van der Waals surface area contributed by atoms with E-state index in [4.69, 9.17) is 17.0 Å². The fraction of sp³-hybridized carbons (Fsp3) is 0.125. The highest BCUT2D eigenvalue weighted by molar-refractivity contribution is 7.73. The van der Waals surface area contributed by atoms with Crippen molar-refractivity contribution in [3.8, 4) is 5.75 Å². The minimum Gasteiger partial charge on any atom is -0.495 e. The summed E-state index contributed by atoms with van der Waals surface area (Å²) >= 11 is 6.59. The number of hydrogen-bond acceptors (Lipinski definition) is 3. The lowest BCUT2D eigenvalue weighted by molar-refractivity contribution is 0.419. The van der Waals surface area contributed by atoms with Crippen LogP contribution in [0.4, 0.5) is 0 Å². The van der Waals surface area contributed by atoms with Gasteiger partial charge in [0.15, 0.2) is 3.95 Å². The molecule has 1 aromatic carbocycles. The van der Waals surface area contributed by atoms with Crippen molar-refractivity contribution in [2.75, 3.05) is 7.11 Å². The van der Waals surface area contributed by atoms with Gasteiger partial charge >= 0.3 is 0 Å². The van der Waals surface area contributed by atoms with Crippen LogP contribution in [0.25, 0.3) is 10.2 Å². The summed E-state index contributed by atoms with van der Waals surface area (Å²) in [7, 11) is 1.66. The Balaban J connectivity index is 2.87. The Hall–Kier alpha value is -0.870. The van der Waals surface area contributed by atoms with Crippen LogP contribution in [-0.2, 0) is 0 Å². The number of thiazole rings is 1. The Morgan fingerprint density at radius 3 is 3.08 bits per heavy atom. The molecule has 0 aliphatic rings. The van der Waals surface area contributed by atoms with Crippen molar-refractivity contribution in [2.45, 2.75) is 0 Å². The van der Waals surface area contributed by atoms with Crippen LogP contribution in [0.15, 0.2) is 18.2 Å². The number of ether oxygens (including phenoxy) is 1. The first-order valence-electron chi connectivity index (χ1n) is 3.47. The van der Waals surface area contributed by atoms with E-state index in [1.807, 2.05) is 18.2 Å². The highest BCUT2D eigenvalue weighted by atomic mass is 32.1. The van der Waals surface area contributed by atoms with Crippen LogP contribution in [0, 0.1) is 3.95 Å². The van der Waals surface area contributed by atoms with E-state index in [0.29, 0.717) is 0 Å². The molecular formula is C8H7NOS2. The van der Waals surface area contributed by atoms with Crippen LogP contribution in [0.2, 0.25) is 0 Å². The predicted octanol–water partition coefficient (Wildman–Crippen LogP) is 2.97. The number of rotatable bonds is 1. The number of nitrogens with one attached hydrogen (secondary N) is 1. The monoisotopic (exact) mass is 197 g/mol. The van der Waals surface area contributed by atoms with E-state index in [0.717, 1.165) is 19.9 Å². The third kappa shape index (κ3) is 1.13. The number of H-pyrrole nitrogens is 1. The summed E-state index contributed by atoms with van der Waals surface area (Å²) in [4.78, 5) is 3.09. The van der Waals surface area contributed by atoms with Gasteiger partial charge in [-0.1, -0.05) is 6.07 Å². The van der Waals surface area contributed by atoms with Gasteiger partial charge in [-0.25, -0.2) is 0 Å². The van der Waals surface area contributed by atoms with E-state index >= 15 is 0 Å². The lowest BCUT2D eigenvalue weighted by Crippen LogP contribution is -1.82. The maximum atomic E-state index is 5.17. The molecule has 0 bridgehead atoms. The van der Waals surface area contributed by atoms with Gasteiger partial charge < -0.3 is 9.72 Å². The molecule has 0 unspecified atom stereocenters. The van der Waals surface area contributed by atoms with Crippen LogP contribution in [0.5, 0.6) is 5.75 Å². The molecule has 4 heteroatoms. The Kier molecular flexibility index (Phi) is 1.86. The Morgan fingerprint density at radius 1 is 1.50 bits per heavy atom. The zero-order chi connectivity index (χ0) is 8.55. The SMILES string of the molecule is COc1cccc2sc(=S)[nH]c12. The second kappa shape index (κ2) is 2.88. The quantitative estimate of drug-likeness (QED) is 0.711. The molecular weight excluding hydrogens is 190 g/mol. The van der Waals surface area contributed by atoms with Gasteiger partial charge in [-0.3, -0.25) is 0 Å². The largest absolute Gasteiger partial charge is 0.495 e. The van der Waals surface area contributed by atoms with Gasteiger partial charge in [0.25, 0.3) is 0 Å².